The van der Waals surface area contributed by atoms with Crippen LogP contribution in [-0.4, -0.2) is 48.3 Å². The SMILES string of the molecule is OCCN(CCNC1CCCC1)C1CCCC1. The molecule has 2 aliphatic carbocycles. The van der Waals surface area contributed by atoms with Gasteiger partial charge in [-0.2, -0.15) is 0 Å². The standard InChI is InChI=1S/C14H28N2O/c17-12-11-16(14-7-3-4-8-14)10-9-15-13-5-1-2-6-13/h13-15,17H,1-12H2. The molecule has 100 valence electrons. The lowest BCUT2D eigenvalue weighted by molar-refractivity contribution is 0.151. The van der Waals surface area contributed by atoms with Gasteiger partial charge in [-0.1, -0.05) is 25.7 Å². The van der Waals surface area contributed by atoms with Crippen LogP contribution in [0.15, 0.2) is 0 Å². The molecule has 3 heteroatoms. The van der Waals surface area contributed by atoms with Crippen molar-refractivity contribution in [2.75, 3.05) is 26.2 Å². The molecule has 0 amide bonds. The highest BCUT2D eigenvalue weighted by Gasteiger charge is 2.22. The zero-order valence-corrected chi connectivity index (χ0v) is 11.0. The number of hydrogen-bond donors (Lipinski definition) is 2. The Kier molecular flexibility index (Phi) is 5.75. The number of hydrogen-bond acceptors (Lipinski definition) is 3. The first-order valence-electron chi connectivity index (χ1n) is 7.48. The third kappa shape index (κ3) is 4.23. The summed E-state index contributed by atoms with van der Waals surface area (Å²) in [5, 5.41) is 12.8. The first kappa shape index (κ1) is 13.3. The molecule has 0 aromatic carbocycles. The number of rotatable bonds is 7. The van der Waals surface area contributed by atoms with Crippen LogP contribution < -0.4 is 5.32 Å². The van der Waals surface area contributed by atoms with Gasteiger partial charge in [-0.25, -0.2) is 0 Å². The van der Waals surface area contributed by atoms with Gasteiger partial charge in [0.25, 0.3) is 0 Å². The quantitative estimate of drug-likeness (QED) is 0.712. The van der Waals surface area contributed by atoms with Crippen molar-refractivity contribution in [2.24, 2.45) is 0 Å². The summed E-state index contributed by atoms with van der Waals surface area (Å²) in [5.41, 5.74) is 0. The summed E-state index contributed by atoms with van der Waals surface area (Å²) in [6.07, 6.45) is 11.0. The predicted molar refractivity (Wildman–Crippen MR) is 71.2 cm³/mol. The van der Waals surface area contributed by atoms with Gasteiger partial charge in [0, 0.05) is 31.7 Å². The molecule has 0 radical (unpaired) electrons. The molecule has 0 heterocycles. The van der Waals surface area contributed by atoms with Crippen LogP contribution in [0.2, 0.25) is 0 Å². The Balaban J connectivity index is 1.65. The molecule has 0 aromatic heterocycles. The molecule has 0 atom stereocenters. The van der Waals surface area contributed by atoms with Crippen LogP contribution in [0.4, 0.5) is 0 Å². The van der Waals surface area contributed by atoms with Crippen LogP contribution in [0.1, 0.15) is 51.4 Å². The van der Waals surface area contributed by atoms with Crippen LogP contribution in [0.5, 0.6) is 0 Å². The van der Waals surface area contributed by atoms with Crippen LogP contribution >= 0.6 is 0 Å². The van der Waals surface area contributed by atoms with Gasteiger partial charge in [-0.3, -0.25) is 4.90 Å². The van der Waals surface area contributed by atoms with Gasteiger partial charge in [0.1, 0.15) is 0 Å². The summed E-state index contributed by atoms with van der Waals surface area (Å²) in [6.45, 7) is 3.37. The van der Waals surface area contributed by atoms with Crippen molar-refractivity contribution >= 4 is 0 Å². The Morgan fingerprint density at radius 1 is 0.941 bits per heavy atom. The average Bonchev–Trinajstić information content (AvgIpc) is 3.01. The minimum atomic E-state index is 0.305. The zero-order chi connectivity index (χ0) is 11.9. The van der Waals surface area contributed by atoms with E-state index in [4.69, 9.17) is 5.11 Å². The van der Waals surface area contributed by atoms with Crippen LogP contribution in [-0.2, 0) is 0 Å². The van der Waals surface area contributed by atoms with E-state index in [1.807, 2.05) is 0 Å². The van der Waals surface area contributed by atoms with Gasteiger partial charge in [-0.05, 0) is 25.7 Å². The highest BCUT2D eigenvalue weighted by molar-refractivity contribution is 4.79. The molecule has 2 aliphatic rings. The maximum atomic E-state index is 9.15. The lowest BCUT2D eigenvalue weighted by Gasteiger charge is -2.28. The molecule has 3 nitrogen and oxygen atoms in total. The van der Waals surface area contributed by atoms with E-state index in [0.29, 0.717) is 6.61 Å². The van der Waals surface area contributed by atoms with E-state index in [2.05, 4.69) is 10.2 Å². The van der Waals surface area contributed by atoms with Gasteiger partial charge in [-0.15, -0.1) is 0 Å². The average molecular weight is 240 g/mol. The van der Waals surface area contributed by atoms with Crippen molar-refractivity contribution in [1.82, 2.24) is 10.2 Å². The largest absolute Gasteiger partial charge is 0.395 e. The molecule has 0 bridgehead atoms. The lowest BCUT2D eigenvalue weighted by Crippen LogP contribution is -2.41. The fourth-order valence-electron chi connectivity index (χ4n) is 3.42. The number of aliphatic hydroxyl groups is 1. The molecule has 0 aliphatic heterocycles. The molecular formula is C14H28N2O. The van der Waals surface area contributed by atoms with Gasteiger partial charge >= 0.3 is 0 Å². The fourth-order valence-corrected chi connectivity index (χ4v) is 3.42. The highest BCUT2D eigenvalue weighted by atomic mass is 16.3. The van der Waals surface area contributed by atoms with Crippen molar-refractivity contribution in [3.05, 3.63) is 0 Å². The van der Waals surface area contributed by atoms with Crippen molar-refractivity contribution < 1.29 is 5.11 Å². The van der Waals surface area contributed by atoms with E-state index in [1.165, 1.54) is 51.4 Å². The zero-order valence-electron chi connectivity index (χ0n) is 11.0. The first-order chi connectivity index (χ1) is 8.40. The summed E-state index contributed by atoms with van der Waals surface area (Å²) >= 11 is 0. The van der Waals surface area contributed by atoms with E-state index < -0.39 is 0 Å². The third-order valence-electron chi connectivity index (χ3n) is 4.42. The van der Waals surface area contributed by atoms with Crippen molar-refractivity contribution in [3.63, 3.8) is 0 Å². The topological polar surface area (TPSA) is 35.5 Å². The minimum absolute atomic E-state index is 0.305. The summed E-state index contributed by atoms with van der Waals surface area (Å²) in [5.74, 6) is 0. The predicted octanol–water partition coefficient (Wildman–Crippen LogP) is 1.76. The Morgan fingerprint density at radius 3 is 2.24 bits per heavy atom. The smallest absolute Gasteiger partial charge is 0.0558 e. The Labute approximate surface area is 106 Å². The van der Waals surface area contributed by atoms with Crippen LogP contribution in [0, 0.1) is 0 Å². The highest BCUT2D eigenvalue weighted by Crippen LogP contribution is 2.23. The maximum Gasteiger partial charge on any atom is 0.0558 e. The second-order valence-electron chi connectivity index (χ2n) is 5.63. The number of aliphatic hydroxyl groups excluding tert-OH is 1. The summed E-state index contributed by atoms with van der Waals surface area (Å²) in [6, 6.07) is 1.52. The molecule has 2 rings (SSSR count). The number of nitrogens with one attached hydrogen (secondary N) is 1. The van der Waals surface area contributed by atoms with Crippen LogP contribution in [0.3, 0.4) is 0 Å². The van der Waals surface area contributed by atoms with Crippen molar-refractivity contribution in [2.45, 2.75) is 63.5 Å². The fraction of sp³-hybridized carbons (Fsp3) is 1.00. The van der Waals surface area contributed by atoms with Gasteiger partial charge in [0.15, 0.2) is 0 Å². The van der Waals surface area contributed by atoms with E-state index in [9.17, 15) is 0 Å². The van der Waals surface area contributed by atoms with Crippen molar-refractivity contribution in [1.29, 1.82) is 0 Å². The van der Waals surface area contributed by atoms with E-state index in [0.717, 1.165) is 31.7 Å². The molecule has 17 heavy (non-hydrogen) atoms. The monoisotopic (exact) mass is 240 g/mol. The number of nitrogens with zero attached hydrogens (tertiary/aromatic N) is 1. The molecular weight excluding hydrogens is 212 g/mol. The lowest BCUT2D eigenvalue weighted by atomic mass is 10.2. The van der Waals surface area contributed by atoms with E-state index in [1.54, 1.807) is 0 Å². The Bertz CT molecular complexity index is 198. The molecule has 2 saturated carbocycles. The second kappa shape index (κ2) is 7.34. The molecule has 2 N–H and O–H groups in total. The van der Waals surface area contributed by atoms with E-state index >= 15 is 0 Å². The summed E-state index contributed by atoms with van der Waals surface area (Å²) in [4.78, 5) is 2.49. The first-order valence-corrected chi connectivity index (χ1v) is 7.48. The molecule has 0 saturated heterocycles. The molecule has 0 aromatic rings. The molecule has 0 unspecified atom stereocenters. The van der Waals surface area contributed by atoms with Gasteiger partial charge in [0.05, 0.1) is 6.61 Å². The molecule has 0 spiro atoms. The Hall–Kier alpha value is -0.120. The van der Waals surface area contributed by atoms with Gasteiger partial charge in [0.2, 0.25) is 0 Å². The normalized spacial score (nSPS) is 22.9. The second-order valence-corrected chi connectivity index (χ2v) is 5.63. The van der Waals surface area contributed by atoms with Crippen molar-refractivity contribution in [3.8, 4) is 0 Å². The third-order valence-corrected chi connectivity index (χ3v) is 4.42. The maximum absolute atomic E-state index is 9.15. The molecule has 2 fully saturated rings. The van der Waals surface area contributed by atoms with Gasteiger partial charge < -0.3 is 10.4 Å². The summed E-state index contributed by atoms with van der Waals surface area (Å²) < 4.78 is 0. The van der Waals surface area contributed by atoms with Crippen LogP contribution in [0.25, 0.3) is 0 Å². The minimum Gasteiger partial charge on any atom is -0.395 e. The van der Waals surface area contributed by atoms with E-state index in [-0.39, 0.29) is 0 Å². The summed E-state index contributed by atoms with van der Waals surface area (Å²) in [7, 11) is 0. The Morgan fingerprint density at radius 2 is 1.59 bits per heavy atom.